The molecule has 0 bridgehead atoms. The highest BCUT2D eigenvalue weighted by Crippen LogP contribution is 2.33. The van der Waals surface area contributed by atoms with E-state index < -0.39 is 9.84 Å². The molecule has 0 amide bonds. The lowest BCUT2D eigenvalue weighted by Crippen LogP contribution is -2.47. The smallest absolute Gasteiger partial charge is 0.227 e. The zero-order valence-corrected chi connectivity index (χ0v) is 18.2. The SMILES string of the molecule is CCCCN1CCN(c2ncc(S(=O)(=O)c3cc(Cl)ccc3OC)c(N)n2)CC1. The van der Waals surface area contributed by atoms with Crippen LogP contribution in [0.3, 0.4) is 0 Å². The molecule has 1 aromatic carbocycles. The van der Waals surface area contributed by atoms with Gasteiger partial charge in [-0.05, 0) is 31.2 Å². The molecule has 8 nitrogen and oxygen atoms in total. The molecule has 1 fully saturated rings. The van der Waals surface area contributed by atoms with Crippen LogP contribution in [-0.2, 0) is 9.84 Å². The summed E-state index contributed by atoms with van der Waals surface area (Å²) in [5.41, 5.74) is 6.03. The standard InChI is InChI=1S/C19H26ClN5O3S/c1-3-4-7-24-8-10-25(11-9-24)19-22-13-17(18(21)23-19)29(26,27)16-12-14(20)5-6-15(16)28-2/h5-6,12-13H,3-4,7-11H2,1-2H3,(H2,21,22,23). The highest BCUT2D eigenvalue weighted by molar-refractivity contribution is 7.91. The molecule has 0 spiro atoms. The molecule has 1 saturated heterocycles. The first kappa shape index (κ1) is 21.6. The Labute approximate surface area is 176 Å². The van der Waals surface area contributed by atoms with E-state index in [0.29, 0.717) is 5.95 Å². The third kappa shape index (κ3) is 4.73. The molecule has 10 heteroatoms. The van der Waals surface area contributed by atoms with Gasteiger partial charge in [-0.1, -0.05) is 24.9 Å². The first-order chi connectivity index (χ1) is 13.9. The number of benzene rings is 1. The van der Waals surface area contributed by atoms with Crippen LogP contribution < -0.4 is 15.4 Å². The molecule has 1 aliphatic heterocycles. The molecule has 0 atom stereocenters. The summed E-state index contributed by atoms with van der Waals surface area (Å²) in [6.07, 6.45) is 3.62. The number of aromatic nitrogens is 2. The van der Waals surface area contributed by atoms with Gasteiger partial charge in [0.15, 0.2) is 0 Å². The average molecular weight is 440 g/mol. The zero-order valence-electron chi connectivity index (χ0n) is 16.6. The van der Waals surface area contributed by atoms with Crippen molar-refractivity contribution in [2.75, 3.05) is 50.5 Å². The minimum Gasteiger partial charge on any atom is -0.495 e. The van der Waals surface area contributed by atoms with Crippen molar-refractivity contribution in [1.29, 1.82) is 0 Å². The monoisotopic (exact) mass is 439 g/mol. The van der Waals surface area contributed by atoms with Gasteiger partial charge in [0.1, 0.15) is 21.4 Å². The number of hydrogen-bond acceptors (Lipinski definition) is 8. The summed E-state index contributed by atoms with van der Waals surface area (Å²) < 4.78 is 31.4. The number of nitrogens with zero attached hydrogens (tertiary/aromatic N) is 4. The van der Waals surface area contributed by atoms with E-state index in [-0.39, 0.29) is 26.4 Å². The Morgan fingerprint density at radius 3 is 2.55 bits per heavy atom. The van der Waals surface area contributed by atoms with Crippen LogP contribution >= 0.6 is 11.6 Å². The molecule has 29 heavy (non-hydrogen) atoms. The molecule has 0 aliphatic carbocycles. The molecule has 2 aromatic rings. The van der Waals surface area contributed by atoms with Gasteiger partial charge in [0.25, 0.3) is 0 Å². The fraction of sp³-hybridized carbons (Fsp3) is 0.474. The number of hydrogen-bond donors (Lipinski definition) is 1. The Morgan fingerprint density at radius 1 is 1.21 bits per heavy atom. The summed E-state index contributed by atoms with van der Waals surface area (Å²) in [6.45, 7) is 6.66. The summed E-state index contributed by atoms with van der Waals surface area (Å²) in [6, 6.07) is 4.39. The van der Waals surface area contributed by atoms with Crippen molar-refractivity contribution in [3.05, 3.63) is 29.4 Å². The molecular formula is C19H26ClN5O3S. The number of halogens is 1. The lowest BCUT2D eigenvalue weighted by molar-refractivity contribution is 0.253. The van der Waals surface area contributed by atoms with Gasteiger partial charge in [-0.25, -0.2) is 13.4 Å². The Hall–Kier alpha value is -2.10. The molecule has 158 valence electrons. The highest BCUT2D eigenvalue weighted by Gasteiger charge is 2.27. The van der Waals surface area contributed by atoms with Crippen LogP contribution in [0.5, 0.6) is 5.75 Å². The molecule has 1 aliphatic rings. The van der Waals surface area contributed by atoms with Crippen molar-refractivity contribution in [2.45, 2.75) is 29.6 Å². The van der Waals surface area contributed by atoms with Gasteiger partial charge >= 0.3 is 0 Å². The maximum absolute atomic E-state index is 13.1. The quantitative estimate of drug-likeness (QED) is 0.701. The van der Waals surface area contributed by atoms with Gasteiger partial charge in [0.2, 0.25) is 15.8 Å². The van der Waals surface area contributed by atoms with Crippen LogP contribution in [0.4, 0.5) is 11.8 Å². The normalized spacial score (nSPS) is 15.5. The minimum atomic E-state index is -3.99. The highest BCUT2D eigenvalue weighted by atomic mass is 35.5. The van der Waals surface area contributed by atoms with Crippen LogP contribution in [0.25, 0.3) is 0 Å². The lowest BCUT2D eigenvalue weighted by atomic mass is 10.2. The van der Waals surface area contributed by atoms with Crippen molar-refractivity contribution in [2.24, 2.45) is 0 Å². The van der Waals surface area contributed by atoms with E-state index in [1.807, 2.05) is 4.90 Å². The van der Waals surface area contributed by atoms with Crippen LogP contribution in [0.2, 0.25) is 5.02 Å². The molecule has 3 rings (SSSR count). The number of unbranched alkanes of at least 4 members (excludes halogenated alkanes) is 1. The van der Waals surface area contributed by atoms with Gasteiger partial charge < -0.3 is 15.4 Å². The fourth-order valence-electron chi connectivity index (χ4n) is 3.27. The average Bonchev–Trinajstić information content (AvgIpc) is 2.72. The van der Waals surface area contributed by atoms with Gasteiger partial charge in [0.05, 0.1) is 13.3 Å². The van der Waals surface area contributed by atoms with Crippen molar-refractivity contribution in [3.8, 4) is 5.75 Å². The molecule has 1 aromatic heterocycles. The minimum absolute atomic E-state index is 0.0694. The molecule has 2 N–H and O–H groups in total. The number of nitrogens with two attached hydrogens (primary N) is 1. The van der Waals surface area contributed by atoms with Crippen LogP contribution in [0, 0.1) is 0 Å². The topological polar surface area (TPSA) is 102 Å². The number of methoxy groups -OCH3 is 1. The predicted octanol–water partition coefficient (Wildman–Crippen LogP) is 2.48. The Morgan fingerprint density at radius 2 is 1.93 bits per heavy atom. The largest absolute Gasteiger partial charge is 0.495 e. The van der Waals surface area contributed by atoms with Crippen molar-refractivity contribution < 1.29 is 13.2 Å². The number of rotatable bonds is 7. The molecule has 0 radical (unpaired) electrons. The second-order valence-corrected chi connectivity index (χ2v) is 9.22. The van der Waals surface area contributed by atoms with Gasteiger partial charge in [-0.2, -0.15) is 4.98 Å². The second kappa shape index (κ2) is 9.15. The van der Waals surface area contributed by atoms with E-state index in [0.717, 1.165) is 32.7 Å². The Kier molecular flexibility index (Phi) is 6.81. The van der Waals surface area contributed by atoms with Crippen molar-refractivity contribution in [1.82, 2.24) is 14.9 Å². The maximum atomic E-state index is 13.1. The Balaban J connectivity index is 1.82. The van der Waals surface area contributed by atoms with Gasteiger partial charge in [-0.3, -0.25) is 4.90 Å². The number of nitrogen functional groups attached to an aromatic ring is 1. The predicted molar refractivity (Wildman–Crippen MR) is 113 cm³/mol. The number of anilines is 2. The fourth-order valence-corrected chi connectivity index (χ4v) is 4.95. The van der Waals surface area contributed by atoms with Crippen LogP contribution in [0.1, 0.15) is 19.8 Å². The Bertz CT molecular complexity index is 962. The third-order valence-corrected chi connectivity index (χ3v) is 6.98. The number of sulfone groups is 1. The van der Waals surface area contributed by atoms with Crippen molar-refractivity contribution >= 4 is 33.2 Å². The first-order valence-corrected chi connectivity index (χ1v) is 11.4. The second-order valence-electron chi connectivity index (χ2n) is 6.90. The zero-order chi connectivity index (χ0) is 21.0. The maximum Gasteiger partial charge on any atom is 0.227 e. The van der Waals surface area contributed by atoms with E-state index in [2.05, 4.69) is 21.8 Å². The lowest BCUT2D eigenvalue weighted by Gasteiger charge is -2.34. The van der Waals surface area contributed by atoms with Gasteiger partial charge in [0, 0.05) is 31.2 Å². The van der Waals surface area contributed by atoms with E-state index in [9.17, 15) is 8.42 Å². The summed E-state index contributed by atoms with van der Waals surface area (Å²) in [4.78, 5) is 12.8. The third-order valence-electron chi connectivity index (χ3n) is 4.96. The molecular weight excluding hydrogens is 414 g/mol. The molecule has 2 heterocycles. The van der Waals surface area contributed by atoms with Crippen molar-refractivity contribution in [3.63, 3.8) is 0 Å². The van der Waals surface area contributed by atoms with E-state index in [1.165, 1.54) is 38.3 Å². The summed E-state index contributed by atoms with van der Waals surface area (Å²) >= 11 is 5.98. The molecule has 0 saturated carbocycles. The van der Waals surface area contributed by atoms with E-state index >= 15 is 0 Å². The number of ether oxygens (including phenoxy) is 1. The summed E-state index contributed by atoms with van der Waals surface area (Å²) in [7, 11) is -2.59. The van der Waals surface area contributed by atoms with Crippen LogP contribution in [0.15, 0.2) is 34.2 Å². The summed E-state index contributed by atoms with van der Waals surface area (Å²) in [5, 5.41) is 0.279. The first-order valence-electron chi connectivity index (χ1n) is 9.55. The molecule has 0 unspecified atom stereocenters. The van der Waals surface area contributed by atoms with Crippen LogP contribution in [-0.4, -0.2) is 63.1 Å². The number of piperazine rings is 1. The van der Waals surface area contributed by atoms with E-state index in [1.54, 1.807) is 6.07 Å². The van der Waals surface area contributed by atoms with E-state index in [4.69, 9.17) is 22.1 Å². The summed E-state index contributed by atoms with van der Waals surface area (Å²) in [5.74, 6) is 0.529. The van der Waals surface area contributed by atoms with Gasteiger partial charge in [-0.15, -0.1) is 0 Å².